The molecule has 2 aliphatic heterocycles. The number of nitrogens with one attached hydrogen (secondary N) is 2. The smallest absolute Gasteiger partial charge is 0.337 e. The van der Waals surface area contributed by atoms with Gasteiger partial charge in [-0.25, -0.2) is 10.2 Å². The van der Waals surface area contributed by atoms with Crippen LogP contribution in [0.4, 0.5) is 10.5 Å². The quantitative estimate of drug-likeness (QED) is 0.853. The van der Waals surface area contributed by atoms with E-state index in [0.29, 0.717) is 6.61 Å². The second kappa shape index (κ2) is 4.86. The van der Waals surface area contributed by atoms with Crippen LogP contribution in [0.3, 0.4) is 0 Å². The first kappa shape index (κ1) is 12.5. The van der Waals surface area contributed by atoms with Crippen LogP contribution in [0.5, 0.6) is 5.75 Å². The average Bonchev–Trinajstić information content (AvgIpc) is 2.83. The Morgan fingerprint density at radius 3 is 2.65 bits per heavy atom. The standard InChI is InChI=1S/C13H14N4O3/c1-2-20-10-5-3-9(4-6-10)16-7-8-17-11(12(16)18)14-15-13(17)19/h3-8,11,14H,2H2,1H3,(H,15,19). The SMILES string of the molecule is CCOc1ccc(N2C=CN3C(=O)NNC3C2=O)cc1. The van der Waals surface area contributed by atoms with Crippen LogP contribution in [0.1, 0.15) is 6.92 Å². The van der Waals surface area contributed by atoms with Crippen molar-refractivity contribution in [2.75, 3.05) is 11.5 Å². The van der Waals surface area contributed by atoms with Gasteiger partial charge in [-0.15, -0.1) is 0 Å². The number of nitrogens with zero attached hydrogens (tertiary/aromatic N) is 2. The van der Waals surface area contributed by atoms with Gasteiger partial charge in [-0.1, -0.05) is 0 Å². The van der Waals surface area contributed by atoms with Crippen LogP contribution in [0, 0.1) is 0 Å². The summed E-state index contributed by atoms with van der Waals surface area (Å²) in [5.74, 6) is 0.525. The van der Waals surface area contributed by atoms with Gasteiger partial charge >= 0.3 is 6.03 Å². The number of hydrogen-bond donors (Lipinski definition) is 2. The monoisotopic (exact) mass is 274 g/mol. The Morgan fingerprint density at radius 2 is 1.95 bits per heavy atom. The number of carbonyl (C=O) groups excluding carboxylic acids is 2. The van der Waals surface area contributed by atoms with E-state index in [4.69, 9.17) is 4.74 Å². The maximum absolute atomic E-state index is 12.3. The lowest BCUT2D eigenvalue weighted by molar-refractivity contribution is -0.122. The Hall–Kier alpha value is -2.54. The van der Waals surface area contributed by atoms with Gasteiger partial charge in [-0.3, -0.25) is 20.0 Å². The summed E-state index contributed by atoms with van der Waals surface area (Å²) >= 11 is 0. The number of urea groups is 1. The van der Waals surface area contributed by atoms with E-state index < -0.39 is 6.17 Å². The molecule has 2 aliphatic rings. The van der Waals surface area contributed by atoms with E-state index in [1.807, 2.05) is 6.92 Å². The molecule has 0 aliphatic carbocycles. The molecule has 0 aromatic heterocycles. The number of hydrogen-bond acceptors (Lipinski definition) is 4. The van der Waals surface area contributed by atoms with E-state index >= 15 is 0 Å². The van der Waals surface area contributed by atoms with Gasteiger partial charge in [-0.2, -0.15) is 0 Å². The summed E-state index contributed by atoms with van der Waals surface area (Å²) in [6.07, 6.45) is 2.43. The number of rotatable bonds is 3. The number of ether oxygens (including phenoxy) is 1. The molecule has 1 atom stereocenters. The van der Waals surface area contributed by atoms with Crippen molar-refractivity contribution in [3.8, 4) is 5.75 Å². The lowest BCUT2D eigenvalue weighted by Crippen LogP contribution is -2.51. The van der Waals surface area contributed by atoms with Crippen LogP contribution in [0.15, 0.2) is 36.7 Å². The number of amides is 3. The van der Waals surface area contributed by atoms with E-state index in [0.717, 1.165) is 11.4 Å². The van der Waals surface area contributed by atoms with E-state index in [9.17, 15) is 9.59 Å². The summed E-state index contributed by atoms with van der Waals surface area (Å²) < 4.78 is 5.36. The van der Waals surface area contributed by atoms with Gasteiger partial charge in [0.25, 0.3) is 5.91 Å². The van der Waals surface area contributed by atoms with Gasteiger partial charge in [0, 0.05) is 18.1 Å². The molecule has 1 unspecified atom stereocenters. The number of carbonyl (C=O) groups is 2. The van der Waals surface area contributed by atoms with Crippen molar-refractivity contribution >= 4 is 17.6 Å². The van der Waals surface area contributed by atoms with Crippen LogP contribution >= 0.6 is 0 Å². The molecule has 0 radical (unpaired) electrons. The first-order valence-corrected chi connectivity index (χ1v) is 6.29. The van der Waals surface area contributed by atoms with E-state index in [2.05, 4.69) is 10.9 Å². The molecular formula is C13H14N4O3. The third-order valence-electron chi connectivity index (χ3n) is 3.10. The fourth-order valence-electron chi connectivity index (χ4n) is 2.14. The van der Waals surface area contributed by atoms with Gasteiger partial charge in [0.05, 0.1) is 6.61 Å². The van der Waals surface area contributed by atoms with E-state index in [1.54, 1.807) is 36.7 Å². The molecule has 20 heavy (non-hydrogen) atoms. The van der Waals surface area contributed by atoms with Crippen molar-refractivity contribution in [2.45, 2.75) is 13.1 Å². The van der Waals surface area contributed by atoms with Crippen molar-refractivity contribution < 1.29 is 14.3 Å². The molecular weight excluding hydrogens is 260 g/mol. The van der Waals surface area contributed by atoms with Crippen molar-refractivity contribution in [3.05, 3.63) is 36.7 Å². The van der Waals surface area contributed by atoms with Gasteiger partial charge < -0.3 is 4.74 Å². The highest BCUT2D eigenvalue weighted by Gasteiger charge is 2.39. The fourth-order valence-corrected chi connectivity index (χ4v) is 2.14. The Bertz CT molecular complexity index is 569. The zero-order valence-electron chi connectivity index (χ0n) is 10.9. The molecule has 1 fully saturated rings. The first-order chi connectivity index (χ1) is 9.70. The maximum atomic E-state index is 12.3. The largest absolute Gasteiger partial charge is 0.494 e. The fraction of sp³-hybridized carbons (Fsp3) is 0.231. The van der Waals surface area contributed by atoms with Crippen molar-refractivity contribution in [1.82, 2.24) is 15.8 Å². The van der Waals surface area contributed by atoms with E-state index in [1.165, 1.54) is 9.80 Å². The molecule has 7 nitrogen and oxygen atoms in total. The summed E-state index contributed by atoms with van der Waals surface area (Å²) in [4.78, 5) is 26.5. The second-order valence-electron chi connectivity index (χ2n) is 4.32. The highest BCUT2D eigenvalue weighted by atomic mass is 16.5. The highest BCUT2D eigenvalue weighted by Crippen LogP contribution is 2.24. The van der Waals surface area contributed by atoms with Crippen molar-refractivity contribution in [3.63, 3.8) is 0 Å². The Morgan fingerprint density at radius 1 is 1.20 bits per heavy atom. The lowest BCUT2D eigenvalue weighted by Gasteiger charge is -2.29. The van der Waals surface area contributed by atoms with Crippen LogP contribution in [0.25, 0.3) is 0 Å². The molecule has 7 heteroatoms. The Kier molecular flexibility index (Phi) is 3.03. The minimum atomic E-state index is -0.709. The number of fused-ring (bicyclic) bond motifs is 1. The van der Waals surface area contributed by atoms with Crippen LogP contribution < -0.4 is 20.5 Å². The van der Waals surface area contributed by atoms with Crippen LogP contribution in [0.2, 0.25) is 0 Å². The Labute approximate surface area is 115 Å². The third-order valence-corrected chi connectivity index (χ3v) is 3.10. The van der Waals surface area contributed by atoms with Crippen molar-refractivity contribution in [2.24, 2.45) is 0 Å². The number of anilines is 1. The first-order valence-electron chi connectivity index (χ1n) is 6.29. The molecule has 1 saturated heterocycles. The molecule has 1 aromatic rings. The molecule has 0 spiro atoms. The average molecular weight is 274 g/mol. The Balaban J connectivity index is 1.84. The van der Waals surface area contributed by atoms with Gasteiger partial charge in [-0.05, 0) is 31.2 Å². The lowest BCUT2D eigenvalue weighted by atomic mass is 10.2. The summed E-state index contributed by atoms with van der Waals surface area (Å²) in [5.41, 5.74) is 5.77. The topological polar surface area (TPSA) is 73.9 Å². The highest BCUT2D eigenvalue weighted by molar-refractivity contribution is 6.02. The predicted molar refractivity (Wildman–Crippen MR) is 71.5 cm³/mol. The molecule has 0 bridgehead atoms. The summed E-state index contributed by atoms with van der Waals surface area (Å²) in [6.45, 7) is 2.51. The zero-order valence-corrected chi connectivity index (χ0v) is 10.9. The summed E-state index contributed by atoms with van der Waals surface area (Å²) in [6, 6.07) is 6.86. The maximum Gasteiger partial charge on any atom is 0.337 e. The minimum Gasteiger partial charge on any atom is -0.494 e. The molecule has 2 N–H and O–H groups in total. The van der Waals surface area contributed by atoms with Gasteiger partial charge in [0.2, 0.25) is 0 Å². The third kappa shape index (κ3) is 1.97. The normalized spacial score (nSPS) is 20.9. The van der Waals surface area contributed by atoms with Crippen molar-refractivity contribution in [1.29, 1.82) is 0 Å². The molecule has 1 aromatic carbocycles. The van der Waals surface area contributed by atoms with Crippen LogP contribution in [-0.2, 0) is 4.79 Å². The molecule has 3 amide bonds. The predicted octanol–water partition coefficient (Wildman–Crippen LogP) is 0.759. The molecule has 0 saturated carbocycles. The summed E-state index contributed by atoms with van der Waals surface area (Å²) in [7, 11) is 0. The number of benzene rings is 1. The molecule has 2 heterocycles. The van der Waals surface area contributed by atoms with E-state index in [-0.39, 0.29) is 11.9 Å². The van der Waals surface area contributed by atoms with Crippen LogP contribution in [-0.4, -0.2) is 29.6 Å². The molecule has 3 rings (SSSR count). The number of hydrazine groups is 1. The molecule has 104 valence electrons. The van der Waals surface area contributed by atoms with Gasteiger partial charge in [0.1, 0.15) is 5.75 Å². The minimum absolute atomic E-state index is 0.227. The zero-order chi connectivity index (χ0) is 14.1. The second-order valence-corrected chi connectivity index (χ2v) is 4.32. The summed E-state index contributed by atoms with van der Waals surface area (Å²) in [5, 5.41) is 0. The van der Waals surface area contributed by atoms with Gasteiger partial charge in [0.15, 0.2) is 6.17 Å².